The summed E-state index contributed by atoms with van der Waals surface area (Å²) in [5.74, 6) is -0.876. The average molecular weight is 498 g/mol. The summed E-state index contributed by atoms with van der Waals surface area (Å²) >= 11 is 4.45. The van der Waals surface area contributed by atoms with Gasteiger partial charge in [-0.15, -0.1) is 0 Å². The standard InChI is InChI=1S/C18H16BrN3O5S2/c1-27-16(23)7-8-22-14-6-5-13(29(20,25)26)10-15(14)28-18(22)21-17(24)11-3-2-4-12(19)9-11/h2-6,9-10H,7-8H2,1H3,(H2,20,25,26). The van der Waals surface area contributed by atoms with Gasteiger partial charge in [-0.1, -0.05) is 33.3 Å². The van der Waals surface area contributed by atoms with Gasteiger partial charge in [0.25, 0.3) is 5.91 Å². The largest absolute Gasteiger partial charge is 0.469 e. The molecular weight excluding hydrogens is 482 g/mol. The van der Waals surface area contributed by atoms with Gasteiger partial charge in [0, 0.05) is 16.6 Å². The van der Waals surface area contributed by atoms with Crippen LogP contribution < -0.4 is 9.94 Å². The second kappa shape index (κ2) is 8.57. The van der Waals surface area contributed by atoms with Crippen LogP contribution in [0.1, 0.15) is 16.8 Å². The lowest BCUT2D eigenvalue weighted by Crippen LogP contribution is -2.19. The number of fused-ring (bicyclic) bond motifs is 1. The number of amides is 1. The van der Waals surface area contributed by atoms with Crippen LogP contribution in [0.5, 0.6) is 0 Å². The molecule has 0 bridgehead atoms. The molecule has 0 unspecified atom stereocenters. The van der Waals surface area contributed by atoms with E-state index in [2.05, 4.69) is 25.7 Å². The van der Waals surface area contributed by atoms with Crippen LogP contribution in [-0.2, 0) is 26.1 Å². The zero-order valence-electron chi connectivity index (χ0n) is 15.2. The summed E-state index contributed by atoms with van der Waals surface area (Å²) in [7, 11) is -2.59. The fourth-order valence-electron chi connectivity index (χ4n) is 2.61. The maximum absolute atomic E-state index is 12.6. The molecule has 2 N–H and O–H groups in total. The number of benzene rings is 2. The molecule has 11 heteroatoms. The molecule has 3 aromatic rings. The van der Waals surface area contributed by atoms with Crippen molar-refractivity contribution in [2.75, 3.05) is 7.11 Å². The maximum Gasteiger partial charge on any atom is 0.307 e. The minimum absolute atomic E-state index is 0.0452. The number of primary sulfonamides is 1. The van der Waals surface area contributed by atoms with Crippen molar-refractivity contribution in [2.45, 2.75) is 17.9 Å². The Bertz CT molecular complexity index is 1280. The van der Waals surface area contributed by atoms with Crippen molar-refractivity contribution in [1.82, 2.24) is 4.57 Å². The number of nitrogens with zero attached hydrogens (tertiary/aromatic N) is 2. The number of thiazole rings is 1. The van der Waals surface area contributed by atoms with Crippen LogP contribution in [0.2, 0.25) is 0 Å². The van der Waals surface area contributed by atoms with Crippen molar-refractivity contribution in [2.24, 2.45) is 10.1 Å². The second-order valence-corrected chi connectivity index (χ2v) is 9.45. The van der Waals surface area contributed by atoms with Crippen molar-refractivity contribution >= 4 is 59.4 Å². The summed E-state index contributed by atoms with van der Waals surface area (Å²) in [4.78, 5) is 28.7. The molecule has 2 aromatic carbocycles. The van der Waals surface area contributed by atoms with Gasteiger partial charge in [0.15, 0.2) is 4.80 Å². The van der Waals surface area contributed by atoms with E-state index in [4.69, 9.17) is 5.14 Å². The first-order valence-electron chi connectivity index (χ1n) is 8.26. The number of rotatable bonds is 5. The number of methoxy groups -OCH3 is 1. The van der Waals surface area contributed by atoms with Gasteiger partial charge in [-0.3, -0.25) is 9.59 Å². The number of halogens is 1. The fraction of sp³-hybridized carbons (Fsp3) is 0.167. The van der Waals surface area contributed by atoms with Crippen LogP contribution in [0.15, 0.2) is 56.8 Å². The van der Waals surface area contributed by atoms with E-state index in [-0.39, 0.29) is 17.9 Å². The number of carbonyl (C=O) groups is 2. The van der Waals surface area contributed by atoms with Gasteiger partial charge in [-0.05, 0) is 36.4 Å². The number of carbonyl (C=O) groups excluding carboxylic acids is 2. The Hall–Kier alpha value is -2.34. The predicted octanol–water partition coefficient (Wildman–Crippen LogP) is 2.42. The Morgan fingerprint density at radius 2 is 2.00 bits per heavy atom. The molecule has 0 aliphatic rings. The molecule has 0 fully saturated rings. The van der Waals surface area contributed by atoms with E-state index in [1.165, 1.54) is 19.2 Å². The zero-order chi connectivity index (χ0) is 21.2. The molecule has 0 aliphatic carbocycles. The highest BCUT2D eigenvalue weighted by Gasteiger charge is 2.14. The Kier molecular flexibility index (Phi) is 6.32. The van der Waals surface area contributed by atoms with Crippen LogP contribution in [0.3, 0.4) is 0 Å². The smallest absolute Gasteiger partial charge is 0.307 e. The molecule has 1 heterocycles. The lowest BCUT2D eigenvalue weighted by molar-refractivity contribution is -0.140. The third-order valence-corrected chi connectivity index (χ3v) is 6.46. The molecular formula is C18H16BrN3O5S2. The summed E-state index contributed by atoms with van der Waals surface area (Å²) in [6, 6.07) is 11.2. The molecule has 29 heavy (non-hydrogen) atoms. The van der Waals surface area contributed by atoms with Crippen molar-refractivity contribution in [3.8, 4) is 0 Å². The average Bonchev–Trinajstić information content (AvgIpc) is 3.01. The van der Waals surface area contributed by atoms with Gasteiger partial charge >= 0.3 is 5.97 Å². The highest BCUT2D eigenvalue weighted by atomic mass is 79.9. The van der Waals surface area contributed by atoms with Gasteiger partial charge in [-0.2, -0.15) is 4.99 Å². The SMILES string of the molecule is COC(=O)CCn1c(=NC(=O)c2cccc(Br)c2)sc2cc(S(N)(=O)=O)ccc21. The van der Waals surface area contributed by atoms with Crippen LogP contribution in [0, 0.1) is 0 Å². The molecule has 1 amide bonds. The minimum atomic E-state index is -3.88. The topological polar surface area (TPSA) is 121 Å². The van der Waals surface area contributed by atoms with E-state index in [0.717, 1.165) is 15.8 Å². The molecule has 1 aromatic heterocycles. The minimum Gasteiger partial charge on any atom is -0.469 e. The second-order valence-electron chi connectivity index (χ2n) is 5.96. The highest BCUT2D eigenvalue weighted by Crippen LogP contribution is 2.22. The van der Waals surface area contributed by atoms with Crippen molar-refractivity contribution < 1.29 is 22.7 Å². The van der Waals surface area contributed by atoms with Crippen molar-refractivity contribution in [1.29, 1.82) is 0 Å². The highest BCUT2D eigenvalue weighted by molar-refractivity contribution is 9.10. The number of nitrogens with two attached hydrogens (primary N) is 1. The number of sulfonamides is 1. The molecule has 0 spiro atoms. The summed E-state index contributed by atoms with van der Waals surface area (Å²) in [6.07, 6.45) is 0.0670. The number of hydrogen-bond acceptors (Lipinski definition) is 6. The van der Waals surface area contributed by atoms with E-state index in [1.807, 2.05) is 0 Å². The summed E-state index contributed by atoms with van der Waals surface area (Å²) < 4.78 is 31.0. The number of ether oxygens (including phenoxy) is 1. The van der Waals surface area contributed by atoms with E-state index in [9.17, 15) is 18.0 Å². The van der Waals surface area contributed by atoms with Crippen LogP contribution in [-0.4, -0.2) is 32.0 Å². The first-order valence-corrected chi connectivity index (χ1v) is 11.4. The van der Waals surface area contributed by atoms with E-state index in [1.54, 1.807) is 34.9 Å². The normalized spacial score (nSPS) is 12.3. The molecule has 0 aliphatic heterocycles. The van der Waals surface area contributed by atoms with Gasteiger partial charge in [-0.25, -0.2) is 13.6 Å². The van der Waals surface area contributed by atoms with Crippen molar-refractivity contribution in [3.05, 3.63) is 57.3 Å². The molecule has 0 saturated carbocycles. The van der Waals surface area contributed by atoms with Crippen molar-refractivity contribution in [3.63, 3.8) is 0 Å². The first kappa shape index (κ1) is 21.4. The maximum atomic E-state index is 12.6. The Labute approximate surface area is 178 Å². The van der Waals surface area contributed by atoms with Crippen LogP contribution in [0.25, 0.3) is 10.2 Å². The first-order chi connectivity index (χ1) is 13.7. The van der Waals surface area contributed by atoms with E-state index >= 15 is 0 Å². The van der Waals surface area contributed by atoms with Gasteiger partial charge < -0.3 is 9.30 Å². The molecule has 3 rings (SSSR count). The monoisotopic (exact) mass is 497 g/mol. The Morgan fingerprint density at radius 3 is 2.66 bits per heavy atom. The van der Waals surface area contributed by atoms with Crippen LogP contribution >= 0.6 is 27.3 Å². The predicted molar refractivity (Wildman–Crippen MR) is 112 cm³/mol. The molecule has 0 atom stereocenters. The third kappa shape index (κ3) is 4.99. The van der Waals surface area contributed by atoms with Gasteiger partial charge in [0.05, 0.1) is 28.6 Å². The summed E-state index contributed by atoms with van der Waals surface area (Å²) in [5, 5.41) is 5.21. The molecule has 0 radical (unpaired) electrons. The summed E-state index contributed by atoms with van der Waals surface area (Å²) in [5.41, 5.74) is 1.02. The third-order valence-electron chi connectivity index (χ3n) is 4.02. The molecule has 8 nitrogen and oxygen atoms in total. The van der Waals surface area contributed by atoms with E-state index in [0.29, 0.717) is 20.6 Å². The summed E-state index contributed by atoms with van der Waals surface area (Å²) in [6.45, 7) is 0.214. The number of esters is 1. The lowest BCUT2D eigenvalue weighted by atomic mass is 10.2. The number of aryl methyl sites for hydroxylation is 1. The molecule has 152 valence electrons. The quantitative estimate of drug-likeness (QED) is 0.542. The zero-order valence-corrected chi connectivity index (χ0v) is 18.4. The van der Waals surface area contributed by atoms with Gasteiger partial charge in [0.2, 0.25) is 10.0 Å². The molecule has 0 saturated heterocycles. The number of hydrogen-bond donors (Lipinski definition) is 1. The van der Waals surface area contributed by atoms with Gasteiger partial charge in [0.1, 0.15) is 0 Å². The van der Waals surface area contributed by atoms with E-state index < -0.39 is 21.9 Å². The lowest BCUT2D eigenvalue weighted by Gasteiger charge is -2.05. The Balaban J connectivity index is 2.14. The Morgan fingerprint density at radius 1 is 1.24 bits per heavy atom. The fourth-order valence-corrected chi connectivity index (χ4v) is 4.72. The van der Waals surface area contributed by atoms with Crippen LogP contribution in [0.4, 0.5) is 0 Å². The number of aromatic nitrogens is 1.